The lowest BCUT2D eigenvalue weighted by atomic mass is 10.1. The molecule has 6 nitrogen and oxygen atoms in total. The summed E-state index contributed by atoms with van der Waals surface area (Å²) in [6, 6.07) is 1.12. The molecule has 2 rings (SSSR count). The van der Waals surface area contributed by atoms with E-state index < -0.39 is 16.0 Å². The van der Waals surface area contributed by atoms with Gasteiger partial charge in [0.25, 0.3) is 0 Å². The zero-order valence-corrected chi connectivity index (χ0v) is 10.7. The highest BCUT2D eigenvalue weighted by Gasteiger charge is 2.21. The van der Waals surface area contributed by atoms with Gasteiger partial charge in [-0.05, 0) is 24.8 Å². The first-order chi connectivity index (χ1) is 8.49. The van der Waals surface area contributed by atoms with Gasteiger partial charge in [0, 0.05) is 12.7 Å². The fourth-order valence-corrected chi connectivity index (χ4v) is 3.29. The van der Waals surface area contributed by atoms with E-state index in [1.54, 1.807) is 0 Å². The number of rotatable bonds is 5. The van der Waals surface area contributed by atoms with Crippen molar-refractivity contribution in [1.29, 1.82) is 0 Å². The summed E-state index contributed by atoms with van der Waals surface area (Å²) in [7, 11) is -3.61. The summed E-state index contributed by atoms with van der Waals surface area (Å²) >= 11 is 0. The predicted molar refractivity (Wildman–Crippen MR) is 64.9 cm³/mol. The Morgan fingerprint density at radius 2 is 2.11 bits per heavy atom. The Morgan fingerprint density at radius 3 is 2.67 bits per heavy atom. The first-order valence-electron chi connectivity index (χ1n) is 5.90. The Labute approximate surface area is 105 Å². The van der Waals surface area contributed by atoms with Crippen LogP contribution in [0, 0.1) is 5.92 Å². The first kappa shape index (κ1) is 13.1. The highest BCUT2D eigenvalue weighted by atomic mass is 32.2. The van der Waals surface area contributed by atoms with E-state index in [2.05, 4.69) is 9.71 Å². The van der Waals surface area contributed by atoms with Gasteiger partial charge in [0.1, 0.15) is 10.6 Å². The number of hydrogen-bond donors (Lipinski definition) is 3. The Bertz CT molecular complexity index is 529. The number of H-pyrrole nitrogens is 1. The Morgan fingerprint density at radius 1 is 1.44 bits per heavy atom. The van der Waals surface area contributed by atoms with Crippen LogP contribution in [0.15, 0.2) is 17.2 Å². The van der Waals surface area contributed by atoms with Crippen LogP contribution in [0.4, 0.5) is 0 Å². The molecule has 0 spiro atoms. The second-order valence-electron chi connectivity index (χ2n) is 4.56. The molecule has 0 radical (unpaired) electrons. The lowest BCUT2D eigenvalue weighted by Crippen LogP contribution is -2.28. The lowest BCUT2D eigenvalue weighted by Gasteiger charge is -2.09. The number of carboxylic acid groups (broad SMARTS) is 1. The molecule has 0 unspecified atom stereocenters. The monoisotopic (exact) mass is 272 g/mol. The molecule has 0 atom stereocenters. The minimum atomic E-state index is -3.61. The molecule has 0 saturated heterocycles. The number of hydrogen-bond acceptors (Lipinski definition) is 3. The van der Waals surface area contributed by atoms with E-state index in [1.165, 1.54) is 6.20 Å². The lowest BCUT2D eigenvalue weighted by molar-refractivity contribution is 0.0691. The molecule has 0 bridgehead atoms. The molecule has 0 aliphatic heterocycles. The summed E-state index contributed by atoms with van der Waals surface area (Å²) < 4.78 is 26.3. The van der Waals surface area contributed by atoms with Gasteiger partial charge in [-0.2, -0.15) is 0 Å². The molecule has 1 fully saturated rings. The quantitative estimate of drug-likeness (QED) is 0.749. The van der Waals surface area contributed by atoms with Gasteiger partial charge < -0.3 is 10.1 Å². The van der Waals surface area contributed by atoms with Crippen LogP contribution in [0.3, 0.4) is 0 Å². The maximum Gasteiger partial charge on any atom is 0.352 e. The molecule has 1 saturated carbocycles. The van der Waals surface area contributed by atoms with Crippen LogP contribution in [0.1, 0.15) is 36.2 Å². The molecule has 7 heteroatoms. The van der Waals surface area contributed by atoms with Gasteiger partial charge in [-0.25, -0.2) is 17.9 Å². The normalized spacial score (nSPS) is 17.1. The van der Waals surface area contributed by atoms with E-state index in [0.717, 1.165) is 31.7 Å². The fraction of sp³-hybridized carbons (Fsp3) is 0.545. The zero-order valence-electron chi connectivity index (χ0n) is 9.85. The molecule has 1 aromatic rings. The van der Waals surface area contributed by atoms with Crippen molar-refractivity contribution in [2.45, 2.75) is 30.6 Å². The largest absolute Gasteiger partial charge is 0.477 e. The minimum absolute atomic E-state index is 0.0297. The maximum atomic E-state index is 11.9. The number of aromatic nitrogens is 1. The van der Waals surface area contributed by atoms with E-state index in [9.17, 15) is 13.2 Å². The molecule has 1 heterocycles. The third-order valence-electron chi connectivity index (χ3n) is 3.23. The van der Waals surface area contributed by atoms with Crippen molar-refractivity contribution < 1.29 is 18.3 Å². The van der Waals surface area contributed by atoms with Gasteiger partial charge >= 0.3 is 5.97 Å². The maximum absolute atomic E-state index is 11.9. The molecule has 0 aromatic carbocycles. The summed E-state index contributed by atoms with van der Waals surface area (Å²) in [6.45, 7) is 0.427. The molecule has 1 aromatic heterocycles. The van der Waals surface area contributed by atoms with Crippen molar-refractivity contribution in [2.75, 3.05) is 6.54 Å². The van der Waals surface area contributed by atoms with E-state index in [-0.39, 0.29) is 10.6 Å². The van der Waals surface area contributed by atoms with Crippen LogP contribution < -0.4 is 4.72 Å². The summed E-state index contributed by atoms with van der Waals surface area (Å²) in [5.74, 6) is -0.773. The van der Waals surface area contributed by atoms with Crippen LogP contribution >= 0.6 is 0 Å². The average molecular weight is 272 g/mol. The predicted octanol–water partition coefficient (Wildman–Crippen LogP) is 1.18. The Balaban J connectivity index is 2.02. The standard InChI is InChI=1S/C11H16N2O4S/c14-11(15)10-5-9(7-12-10)18(16,17)13-6-8-3-1-2-4-8/h5,7-8,12-13H,1-4,6H2,(H,14,15). The van der Waals surface area contributed by atoms with Crippen molar-refractivity contribution in [2.24, 2.45) is 5.92 Å². The zero-order chi connectivity index (χ0) is 13.2. The van der Waals surface area contributed by atoms with Gasteiger partial charge in [-0.1, -0.05) is 12.8 Å². The molecule has 3 N–H and O–H groups in total. The van der Waals surface area contributed by atoms with Crippen LogP contribution in [-0.4, -0.2) is 31.0 Å². The van der Waals surface area contributed by atoms with Crippen LogP contribution in [0.25, 0.3) is 0 Å². The summed E-state index contributed by atoms with van der Waals surface area (Å²) in [5.41, 5.74) is -0.128. The number of aromatic amines is 1. The van der Waals surface area contributed by atoms with Gasteiger partial charge in [-0.15, -0.1) is 0 Å². The molecule has 1 aliphatic rings. The summed E-state index contributed by atoms with van der Waals surface area (Å²) in [6.07, 6.45) is 5.60. The topological polar surface area (TPSA) is 99.3 Å². The van der Waals surface area contributed by atoms with E-state index in [4.69, 9.17) is 5.11 Å². The minimum Gasteiger partial charge on any atom is -0.477 e. The molecule has 18 heavy (non-hydrogen) atoms. The second kappa shape index (κ2) is 5.11. The first-order valence-corrected chi connectivity index (χ1v) is 7.39. The average Bonchev–Trinajstić information content (AvgIpc) is 2.98. The van der Waals surface area contributed by atoms with Crippen LogP contribution in [0.2, 0.25) is 0 Å². The number of carbonyl (C=O) groups is 1. The molecular formula is C11H16N2O4S. The Hall–Kier alpha value is -1.34. The number of nitrogens with one attached hydrogen (secondary N) is 2. The molecule has 0 amide bonds. The van der Waals surface area contributed by atoms with Gasteiger partial charge in [-0.3, -0.25) is 0 Å². The van der Waals surface area contributed by atoms with Crippen LogP contribution in [-0.2, 0) is 10.0 Å². The van der Waals surface area contributed by atoms with Crippen molar-refractivity contribution in [3.63, 3.8) is 0 Å². The van der Waals surface area contributed by atoms with Crippen molar-refractivity contribution >= 4 is 16.0 Å². The van der Waals surface area contributed by atoms with Gasteiger partial charge in [0.15, 0.2) is 0 Å². The fourth-order valence-electron chi connectivity index (χ4n) is 2.18. The highest BCUT2D eigenvalue weighted by Crippen LogP contribution is 2.24. The van der Waals surface area contributed by atoms with E-state index in [0.29, 0.717) is 12.5 Å². The highest BCUT2D eigenvalue weighted by molar-refractivity contribution is 7.89. The number of sulfonamides is 1. The van der Waals surface area contributed by atoms with Crippen molar-refractivity contribution in [3.8, 4) is 0 Å². The van der Waals surface area contributed by atoms with Crippen molar-refractivity contribution in [3.05, 3.63) is 18.0 Å². The second-order valence-corrected chi connectivity index (χ2v) is 6.32. The molecular weight excluding hydrogens is 256 g/mol. The third-order valence-corrected chi connectivity index (χ3v) is 4.64. The third kappa shape index (κ3) is 2.91. The summed E-state index contributed by atoms with van der Waals surface area (Å²) in [5, 5.41) is 8.72. The number of aromatic carboxylic acids is 1. The SMILES string of the molecule is O=C(O)c1cc(S(=O)(=O)NCC2CCCC2)c[nH]1. The molecule has 1 aliphatic carbocycles. The van der Waals surface area contributed by atoms with Crippen molar-refractivity contribution in [1.82, 2.24) is 9.71 Å². The molecule has 100 valence electrons. The van der Waals surface area contributed by atoms with Crippen LogP contribution in [0.5, 0.6) is 0 Å². The van der Waals surface area contributed by atoms with E-state index >= 15 is 0 Å². The number of carboxylic acids is 1. The van der Waals surface area contributed by atoms with Gasteiger partial charge in [0.2, 0.25) is 10.0 Å². The van der Waals surface area contributed by atoms with Gasteiger partial charge in [0.05, 0.1) is 0 Å². The summed E-state index contributed by atoms with van der Waals surface area (Å²) in [4.78, 5) is 13.1. The Kier molecular flexibility index (Phi) is 3.72. The van der Waals surface area contributed by atoms with E-state index in [1.807, 2.05) is 0 Å². The smallest absolute Gasteiger partial charge is 0.352 e.